The lowest BCUT2D eigenvalue weighted by Gasteiger charge is -2.17. The van der Waals surface area contributed by atoms with Gasteiger partial charge in [-0.2, -0.15) is 0 Å². The van der Waals surface area contributed by atoms with Crippen molar-refractivity contribution in [2.24, 2.45) is 0 Å². The van der Waals surface area contributed by atoms with Gasteiger partial charge in [-0.05, 0) is 67.5 Å². The third kappa shape index (κ3) is 8.49. The van der Waals surface area contributed by atoms with Crippen LogP contribution < -0.4 is 4.74 Å². The number of carbonyl (C=O) groups excluding carboxylic acids is 1. The fourth-order valence-electron chi connectivity index (χ4n) is 3.85. The fourth-order valence-corrected chi connectivity index (χ4v) is 3.85. The van der Waals surface area contributed by atoms with E-state index in [0.717, 1.165) is 18.6 Å². The van der Waals surface area contributed by atoms with Crippen molar-refractivity contribution in [3.05, 3.63) is 65.2 Å². The maximum absolute atomic E-state index is 12.5. The third-order valence-electron chi connectivity index (χ3n) is 5.84. The minimum absolute atomic E-state index is 0.0262. The van der Waals surface area contributed by atoms with Crippen molar-refractivity contribution in [2.75, 3.05) is 6.61 Å². The highest BCUT2D eigenvalue weighted by Crippen LogP contribution is 2.28. The lowest BCUT2D eigenvalue weighted by molar-refractivity contribution is 0.0628. The van der Waals surface area contributed by atoms with E-state index in [4.69, 9.17) is 9.47 Å². The molecule has 0 bridgehead atoms. The number of hydrogen-bond acceptors (Lipinski definition) is 3. The molecule has 3 nitrogen and oxygen atoms in total. The molecule has 0 saturated carbocycles. The Morgan fingerprint density at radius 2 is 1.42 bits per heavy atom. The smallest absolute Gasteiger partial charge is 0.343 e. The van der Waals surface area contributed by atoms with Crippen LogP contribution in [0.4, 0.5) is 0 Å². The van der Waals surface area contributed by atoms with Crippen molar-refractivity contribution in [2.45, 2.75) is 91.1 Å². The molecule has 0 amide bonds. The summed E-state index contributed by atoms with van der Waals surface area (Å²) in [6.07, 6.45) is 9.57. The van der Waals surface area contributed by atoms with Crippen LogP contribution >= 0.6 is 0 Å². The molecule has 2 unspecified atom stereocenters. The first-order chi connectivity index (χ1) is 15.1. The molecule has 2 rings (SSSR count). The lowest BCUT2D eigenvalue weighted by atomic mass is 9.90. The lowest BCUT2D eigenvalue weighted by Crippen LogP contribution is -2.09. The van der Waals surface area contributed by atoms with Crippen LogP contribution in [-0.2, 0) is 4.74 Å². The van der Waals surface area contributed by atoms with Crippen LogP contribution in [0.25, 0.3) is 0 Å². The summed E-state index contributed by atoms with van der Waals surface area (Å²) in [6.45, 7) is 9.48. The summed E-state index contributed by atoms with van der Waals surface area (Å²) >= 11 is 0. The van der Waals surface area contributed by atoms with Crippen LogP contribution in [0.5, 0.6) is 5.75 Å². The maximum atomic E-state index is 12.5. The molecule has 0 spiro atoms. The number of rotatable bonds is 14. The minimum Gasteiger partial charge on any atom is -0.423 e. The molecule has 2 atom stereocenters. The quantitative estimate of drug-likeness (QED) is 0.174. The van der Waals surface area contributed by atoms with Crippen molar-refractivity contribution in [1.29, 1.82) is 0 Å². The van der Waals surface area contributed by atoms with Crippen LogP contribution in [0.15, 0.2) is 48.5 Å². The average Bonchev–Trinajstić information content (AvgIpc) is 2.80. The topological polar surface area (TPSA) is 35.5 Å². The Bertz CT molecular complexity index is 749. The van der Waals surface area contributed by atoms with E-state index in [1.807, 2.05) is 43.3 Å². The molecular formula is C28H40O3. The number of unbranched alkanes of at least 4 members (excludes halogenated alkanes) is 3. The molecule has 0 saturated heterocycles. The zero-order valence-electron chi connectivity index (χ0n) is 19.9. The van der Waals surface area contributed by atoms with Gasteiger partial charge in [0.2, 0.25) is 0 Å². The van der Waals surface area contributed by atoms with Gasteiger partial charge in [0.25, 0.3) is 0 Å². The summed E-state index contributed by atoms with van der Waals surface area (Å²) in [5.74, 6) is 0.858. The first-order valence-electron chi connectivity index (χ1n) is 12.1. The molecule has 31 heavy (non-hydrogen) atoms. The Hall–Kier alpha value is -2.13. The molecule has 3 heteroatoms. The van der Waals surface area contributed by atoms with Crippen LogP contribution in [0.2, 0.25) is 0 Å². The van der Waals surface area contributed by atoms with Gasteiger partial charge < -0.3 is 9.47 Å². The number of carbonyl (C=O) groups is 1. The second-order valence-corrected chi connectivity index (χ2v) is 8.43. The Labute approximate surface area is 189 Å². The second kappa shape index (κ2) is 14.0. The highest BCUT2D eigenvalue weighted by Gasteiger charge is 2.13. The van der Waals surface area contributed by atoms with Gasteiger partial charge in [0.1, 0.15) is 5.75 Å². The standard InChI is InChI=1S/C28H40O3/c1-5-8-10-21-30-22(4)23-13-15-26(16-14-23)28(29)31-27-19-17-25(18-20-27)24(11-7-3)12-9-6-2/h13-20,22,24H,5-12,21H2,1-4H3. The van der Waals surface area contributed by atoms with Crippen LogP contribution in [0.1, 0.15) is 113 Å². The molecule has 0 aliphatic heterocycles. The molecule has 0 radical (unpaired) electrons. The number of hydrogen-bond donors (Lipinski definition) is 0. The first-order valence-corrected chi connectivity index (χ1v) is 12.1. The van der Waals surface area contributed by atoms with Crippen molar-refractivity contribution in [3.63, 3.8) is 0 Å². The van der Waals surface area contributed by atoms with E-state index in [1.54, 1.807) is 0 Å². The zero-order valence-corrected chi connectivity index (χ0v) is 19.9. The second-order valence-electron chi connectivity index (χ2n) is 8.43. The third-order valence-corrected chi connectivity index (χ3v) is 5.84. The summed E-state index contributed by atoms with van der Waals surface area (Å²) in [6, 6.07) is 15.6. The van der Waals surface area contributed by atoms with Crippen molar-refractivity contribution in [1.82, 2.24) is 0 Å². The summed E-state index contributed by atoms with van der Waals surface area (Å²) < 4.78 is 11.5. The summed E-state index contributed by atoms with van der Waals surface area (Å²) in [5, 5.41) is 0. The van der Waals surface area contributed by atoms with E-state index in [2.05, 4.69) is 32.9 Å². The number of esters is 1. The molecule has 2 aromatic carbocycles. The SMILES string of the molecule is CCCCCOC(C)c1ccc(C(=O)Oc2ccc(C(CCC)CCCC)cc2)cc1. The van der Waals surface area contributed by atoms with Crippen LogP contribution in [-0.4, -0.2) is 12.6 Å². The van der Waals surface area contributed by atoms with Gasteiger partial charge in [-0.1, -0.05) is 77.1 Å². The number of benzene rings is 2. The molecule has 0 N–H and O–H groups in total. The fraction of sp³-hybridized carbons (Fsp3) is 0.536. The van der Waals surface area contributed by atoms with E-state index in [0.29, 0.717) is 17.2 Å². The van der Waals surface area contributed by atoms with Gasteiger partial charge in [-0.25, -0.2) is 4.79 Å². The van der Waals surface area contributed by atoms with E-state index in [-0.39, 0.29) is 12.1 Å². The molecular weight excluding hydrogens is 384 g/mol. The minimum atomic E-state index is -0.327. The zero-order chi connectivity index (χ0) is 22.5. The monoisotopic (exact) mass is 424 g/mol. The molecule has 0 aliphatic carbocycles. The van der Waals surface area contributed by atoms with Crippen LogP contribution in [0.3, 0.4) is 0 Å². The van der Waals surface area contributed by atoms with Gasteiger partial charge in [0, 0.05) is 6.61 Å². The van der Waals surface area contributed by atoms with E-state index < -0.39 is 0 Å². The van der Waals surface area contributed by atoms with Crippen molar-refractivity contribution < 1.29 is 14.3 Å². The van der Waals surface area contributed by atoms with Gasteiger partial charge in [-0.15, -0.1) is 0 Å². The highest BCUT2D eigenvalue weighted by atomic mass is 16.5. The van der Waals surface area contributed by atoms with Crippen molar-refractivity contribution >= 4 is 5.97 Å². The molecule has 0 aromatic heterocycles. The first kappa shape index (κ1) is 25.1. The molecule has 2 aromatic rings. The van der Waals surface area contributed by atoms with E-state index >= 15 is 0 Å². The Morgan fingerprint density at radius 1 is 0.774 bits per heavy atom. The molecule has 0 heterocycles. The summed E-state index contributed by atoms with van der Waals surface area (Å²) in [7, 11) is 0. The number of ether oxygens (including phenoxy) is 2. The summed E-state index contributed by atoms with van der Waals surface area (Å²) in [4.78, 5) is 12.5. The average molecular weight is 425 g/mol. The molecule has 0 fully saturated rings. The van der Waals surface area contributed by atoms with Crippen molar-refractivity contribution in [3.8, 4) is 5.75 Å². The van der Waals surface area contributed by atoms with Gasteiger partial charge in [0.05, 0.1) is 11.7 Å². The van der Waals surface area contributed by atoms with Gasteiger partial charge in [0.15, 0.2) is 0 Å². The van der Waals surface area contributed by atoms with Gasteiger partial charge in [-0.3, -0.25) is 0 Å². The maximum Gasteiger partial charge on any atom is 0.343 e. The largest absolute Gasteiger partial charge is 0.423 e. The Kier molecular flexibility index (Phi) is 11.4. The summed E-state index contributed by atoms with van der Waals surface area (Å²) in [5.41, 5.74) is 2.97. The highest BCUT2D eigenvalue weighted by molar-refractivity contribution is 5.91. The van der Waals surface area contributed by atoms with Gasteiger partial charge >= 0.3 is 5.97 Å². The van der Waals surface area contributed by atoms with E-state index in [1.165, 1.54) is 50.5 Å². The normalized spacial score (nSPS) is 13.0. The van der Waals surface area contributed by atoms with E-state index in [9.17, 15) is 4.79 Å². The molecule has 170 valence electrons. The predicted molar refractivity (Wildman–Crippen MR) is 129 cm³/mol. The van der Waals surface area contributed by atoms with Crippen LogP contribution in [0, 0.1) is 0 Å². The predicted octanol–water partition coefficient (Wildman–Crippen LogP) is 8.25. The Morgan fingerprint density at radius 3 is 2.03 bits per heavy atom. The molecule has 0 aliphatic rings. The Balaban J connectivity index is 1.92.